The van der Waals surface area contributed by atoms with Gasteiger partial charge in [0.1, 0.15) is 17.5 Å². The Bertz CT molecular complexity index is 611. The first-order chi connectivity index (χ1) is 9.97. The lowest BCUT2D eigenvalue weighted by Crippen LogP contribution is -2.30. The van der Waals surface area contributed by atoms with Gasteiger partial charge in [-0.1, -0.05) is 22.0 Å². The second-order valence-corrected chi connectivity index (χ2v) is 5.76. The molecule has 21 heavy (non-hydrogen) atoms. The summed E-state index contributed by atoms with van der Waals surface area (Å²) in [6.45, 7) is 0. The summed E-state index contributed by atoms with van der Waals surface area (Å²) in [5.74, 6) is -1.47. The average Bonchev–Trinajstić information content (AvgIpc) is 2.39. The van der Waals surface area contributed by atoms with Crippen LogP contribution in [0.1, 0.15) is 11.1 Å². The molecular weight excluding hydrogens is 343 g/mol. The van der Waals surface area contributed by atoms with Crippen molar-refractivity contribution in [1.29, 1.82) is 0 Å². The van der Waals surface area contributed by atoms with Gasteiger partial charge in [-0.25, -0.2) is 13.2 Å². The minimum absolute atomic E-state index is 0.00652. The second-order valence-electron chi connectivity index (χ2n) is 4.91. The van der Waals surface area contributed by atoms with E-state index in [-0.39, 0.29) is 11.9 Å². The lowest BCUT2D eigenvalue weighted by Gasteiger charge is -2.17. The molecule has 0 aliphatic heterocycles. The molecule has 0 saturated carbocycles. The summed E-state index contributed by atoms with van der Waals surface area (Å²) >= 11 is 3.33. The van der Waals surface area contributed by atoms with E-state index in [9.17, 15) is 13.2 Å². The molecule has 0 aromatic heterocycles. The molecule has 5 heteroatoms. The van der Waals surface area contributed by atoms with E-state index in [1.807, 2.05) is 0 Å². The molecular formula is C16H15BrF3N. The van der Waals surface area contributed by atoms with Gasteiger partial charge >= 0.3 is 0 Å². The van der Waals surface area contributed by atoms with Crippen LogP contribution in [-0.4, -0.2) is 13.1 Å². The van der Waals surface area contributed by atoms with Gasteiger partial charge < -0.3 is 5.32 Å². The summed E-state index contributed by atoms with van der Waals surface area (Å²) in [6, 6.07) is 8.01. The van der Waals surface area contributed by atoms with Gasteiger partial charge in [-0.05, 0) is 55.3 Å². The highest BCUT2D eigenvalue weighted by Crippen LogP contribution is 2.21. The minimum Gasteiger partial charge on any atom is -0.316 e. The van der Waals surface area contributed by atoms with Crippen LogP contribution in [0.15, 0.2) is 40.9 Å². The normalized spacial score (nSPS) is 12.4. The fourth-order valence-electron chi connectivity index (χ4n) is 2.24. The highest BCUT2D eigenvalue weighted by atomic mass is 79.9. The maximum atomic E-state index is 13.2. The lowest BCUT2D eigenvalue weighted by atomic mass is 9.99. The molecule has 112 valence electrons. The van der Waals surface area contributed by atoms with Crippen molar-refractivity contribution in [1.82, 2.24) is 5.32 Å². The van der Waals surface area contributed by atoms with Gasteiger partial charge in [0, 0.05) is 16.6 Å². The van der Waals surface area contributed by atoms with E-state index in [0.29, 0.717) is 22.9 Å². The summed E-state index contributed by atoms with van der Waals surface area (Å²) in [5.41, 5.74) is 1.53. The van der Waals surface area contributed by atoms with Crippen molar-refractivity contribution >= 4 is 15.9 Å². The van der Waals surface area contributed by atoms with E-state index in [0.717, 1.165) is 11.6 Å². The fraction of sp³-hybridized carbons (Fsp3) is 0.250. The van der Waals surface area contributed by atoms with Crippen molar-refractivity contribution in [3.63, 3.8) is 0 Å². The smallest absolute Gasteiger partial charge is 0.126 e. The van der Waals surface area contributed by atoms with Crippen LogP contribution in [0.3, 0.4) is 0 Å². The van der Waals surface area contributed by atoms with Crippen molar-refractivity contribution in [2.75, 3.05) is 7.05 Å². The molecule has 1 N–H and O–H groups in total. The minimum atomic E-state index is -0.581. The number of likely N-dealkylation sites (N-methyl/N-ethyl adjacent to an activating group) is 1. The van der Waals surface area contributed by atoms with E-state index in [1.165, 1.54) is 24.3 Å². The van der Waals surface area contributed by atoms with E-state index in [2.05, 4.69) is 21.2 Å². The number of benzene rings is 2. The lowest BCUT2D eigenvalue weighted by molar-refractivity contribution is 0.542. The molecule has 0 saturated heterocycles. The van der Waals surface area contributed by atoms with Crippen LogP contribution >= 0.6 is 15.9 Å². The number of halogens is 4. The monoisotopic (exact) mass is 357 g/mol. The molecule has 1 nitrogen and oxygen atoms in total. The Morgan fingerprint density at radius 3 is 2.19 bits per heavy atom. The first kappa shape index (κ1) is 16.0. The van der Waals surface area contributed by atoms with E-state index in [1.54, 1.807) is 13.1 Å². The quantitative estimate of drug-likeness (QED) is 0.843. The molecule has 0 fully saturated rings. The Hall–Kier alpha value is -1.33. The Labute approximate surface area is 130 Å². The first-order valence-electron chi connectivity index (χ1n) is 6.54. The van der Waals surface area contributed by atoms with Gasteiger partial charge in [-0.15, -0.1) is 0 Å². The third kappa shape index (κ3) is 4.58. The maximum absolute atomic E-state index is 13.2. The van der Waals surface area contributed by atoms with Gasteiger partial charge in [-0.2, -0.15) is 0 Å². The number of nitrogens with one attached hydrogen (secondary N) is 1. The summed E-state index contributed by atoms with van der Waals surface area (Å²) < 4.78 is 40.2. The zero-order chi connectivity index (χ0) is 15.4. The number of hydrogen-bond acceptors (Lipinski definition) is 1. The molecule has 2 rings (SSSR count). The third-order valence-electron chi connectivity index (χ3n) is 3.29. The molecule has 0 aliphatic rings. The highest BCUT2D eigenvalue weighted by Gasteiger charge is 2.12. The maximum Gasteiger partial charge on any atom is 0.126 e. The summed E-state index contributed by atoms with van der Waals surface area (Å²) in [4.78, 5) is 0. The molecule has 0 bridgehead atoms. The fourth-order valence-corrected chi connectivity index (χ4v) is 2.76. The predicted molar refractivity (Wildman–Crippen MR) is 80.7 cm³/mol. The molecule has 0 amide bonds. The van der Waals surface area contributed by atoms with Crippen LogP contribution in [0.2, 0.25) is 0 Å². The van der Waals surface area contributed by atoms with Crippen LogP contribution in [0.5, 0.6) is 0 Å². The van der Waals surface area contributed by atoms with Gasteiger partial charge in [0.05, 0.1) is 0 Å². The van der Waals surface area contributed by atoms with E-state index >= 15 is 0 Å². The second kappa shape index (κ2) is 7.09. The van der Waals surface area contributed by atoms with Gasteiger partial charge in [0.25, 0.3) is 0 Å². The first-order valence-corrected chi connectivity index (χ1v) is 7.33. The Balaban J connectivity index is 2.12. The van der Waals surface area contributed by atoms with E-state index < -0.39 is 11.6 Å². The SMILES string of the molecule is CNC(Cc1cc(F)cc(F)c1)Cc1ccc(F)cc1Br. The van der Waals surface area contributed by atoms with Crippen LogP contribution in [-0.2, 0) is 12.8 Å². The predicted octanol–water partition coefficient (Wildman–Crippen LogP) is 4.24. The summed E-state index contributed by atoms with van der Waals surface area (Å²) in [7, 11) is 1.79. The molecule has 0 aliphatic carbocycles. The Kier molecular flexibility index (Phi) is 5.42. The van der Waals surface area contributed by atoms with Crippen molar-refractivity contribution in [3.8, 4) is 0 Å². The average molecular weight is 358 g/mol. The Morgan fingerprint density at radius 1 is 0.952 bits per heavy atom. The zero-order valence-corrected chi connectivity index (χ0v) is 13.1. The van der Waals surface area contributed by atoms with Gasteiger partial charge in [0.15, 0.2) is 0 Å². The summed E-state index contributed by atoms with van der Waals surface area (Å²) in [5, 5.41) is 3.12. The molecule has 0 spiro atoms. The summed E-state index contributed by atoms with van der Waals surface area (Å²) in [6.07, 6.45) is 1.10. The Morgan fingerprint density at radius 2 is 1.62 bits per heavy atom. The molecule has 2 aromatic rings. The van der Waals surface area contributed by atoms with E-state index in [4.69, 9.17) is 0 Å². The zero-order valence-electron chi connectivity index (χ0n) is 11.5. The molecule has 0 heterocycles. The van der Waals surface area contributed by atoms with Crippen molar-refractivity contribution < 1.29 is 13.2 Å². The van der Waals surface area contributed by atoms with Crippen molar-refractivity contribution in [2.24, 2.45) is 0 Å². The highest BCUT2D eigenvalue weighted by molar-refractivity contribution is 9.10. The topological polar surface area (TPSA) is 12.0 Å². The van der Waals surface area contributed by atoms with Crippen molar-refractivity contribution in [2.45, 2.75) is 18.9 Å². The molecule has 1 unspecified atom stereocenters. The number of rotatable bonds is 5. The van der Waals surface area contributed by atoms with Crippen LogP contribution in [0.25, 0.3) is 0 Å². The van der Waals surface area contributed by atoms with Crippen molar-refractivity contribution in [3.05, 3.63) is 69.4 Å². The van der Waals surface area contributed by atoms with Crippen LogP contribution < -0.4 is 5.32 Å². The number of hydrogen-bond donors (Lipinski definition) is 1. The standard InChI is InChI=1S/C16H15BrF3N/c1-21-15(6-10-4-13(19)8-14(20)5-10)7-11-2-3-12(18)9-16(11)17/h2-5,8-9,15,21H,6-7H2,1H3. The van der Waals surface area contributed by atoms with Crippen LogP contribution in [0.4, 0.5) is 13.2 Å². The molecule has 2 aromatic carbocycles. The molecule has 0 radical (unpaired) electrons. The molecule has 1 atom stereocenters. The largest absolute Gasteiger partial charge is 0.316 e. The van der Waals surface area contributed by atoms with Crippen LogP contribution in [0, 0.1) is 17.5 Å². The van der Waals surface area contributed by atoms with Gasteiger partial charge in [0.2, 0.25) is 0 Å². The third-order valence-corrected chi connectivity index (χ3v) is 4.03. The van der Waals surface area contributed by atoms with Gasteiger partial charge in [-0.3, -0.25) is 0 Å².